The topological polar surface area (TPSA) is 51.8 Å². The van der Waals surface area contributed by atoms with Crippen molar-refractivity contribution in [1.82, 2.24) is 15.0 Å². The zero-order valence-electron chi connectivity index (χ0n) is 24.9. The Kier molecular flexibility index (Phi) is 4.73. The zero-order valence-corrected chi connectivity index (χ0v) is 22.9. The van der Waals surface area contributed by atoms with Crippen molar-refractivity contribution in [3.8, 4) is 34.2 Å². The van der Waals surface area contributed by atoms with Crippen molar-refractivity contribution in [2.75, 3.05) is 0 Å². The van der Waals surface area contributed by atoms with Crippen molar-refractivity contribution < 1.29 is 7.16 Å². The lowest BCUT2D eigenvalue weighted by Crippen LogP contribution is -2.01. The fourth-order valence-electron chi connectivity index (χ4n) is 6.13. The molecule has 4 heteroatoms. The van der Waals surface area contributed by atoms with Crippen molar-refractivity contribution >= 4 is 54.3 Å². The zero-order chi connectivity index (χ0) is 30.1. The molecule has 0 amide bonds. The molecule has 0 atom stereocenters. The second kappa shape index (κ2) is 9.33. The summed E-state index contributed by atoms with van der Waals surface area (Å²) in [5.41, 5.74) is 3.56. The second-order valence-electron chi connectivity index (χ2n) is 10.7. The van der Waals surface area contributed by atoms with Gasteiger partial charge in [0.2, 0.25) is 0 Å². The maximum Gasteiger partial charge on any atom is 0.164 e. The Bertz CT molecular complexity index is 2640. The van der Waals surface area contributed by atoms with Gasteiger partial charge in [-0.1, -0.05) is 115 Å². The van der Waals surface area contributed by atoms with E-state index in [1.165, 1.54) is 0 Å². The lowest BCUT2D eigenvalue weighted by atomic mass is 9.96. The molecule has 0 saturated carbocycles. The molecule has 43 heavy (non-hydrogen) atoms. The predicted octanol–water partition coefficient (Wildman–Crippen LogP) is 10.2. The number of rotatable bonds is 3. The van der Waals surface area contributed by atoms with E-state index >= 15 is 0 Å². The third-order valence-corrected chi connectivity index (χ3v) is 8.15. The lowest BCUT2D eigenvalue weighted by molar-refractivity contribution is 0.669. The van der Waals surface area contributed by atoms with Crippen molar-refractivity contribution in [3.05, 3.63) is 139 Å². The van der Waals surface area contributed by atoms with Crippen LogP contribution in [0.2, 0.25) is 0 Å². The fourth-order valence-corrected chi connectivity index (χ4v) is 6.13. The van der Waals surface area contributed by atoms with E-state index in [0.29, 0.717) is 40.2 Å². The second-order valence-corrected chi connectivity index (χ2v) is 10.7. The summed E-state index contributed by atoms with van der Waals surface area (Å²) in [6.45, 7) is 0. The average molecular weight is 552 g/mol. The van der Waals surface area contributed by atoms with Crippen LogP contribution >= 0.6 is 0 Å². The minimum Gasteiger partial charge on any atom is -0.456 e. The van der Waals surface area contributed by atoms with Crippen LogP contribution in [0.15, 0.2) is 144 Å². The molecule has 4 nitrogen and oxygen atoms in total. The first-order valence-electron chi connectivity index (χ1n) is 15.2. The van der Waals surface area contributed by atoms with Gasteiger partial charge in [0.15, 0.2) is 17.5 Å². The van der Waals surface area contributed by atoms with Gasteiger partial charge in [-0.25, -0.2) is 15.0 Å². The number of nitrogens with zero attached hydrogens (tertiary/aromatic N) is 3. The van der Waals surface area contributed by atoms with Crippen LogP contribution in [0.5, 0.6) is 0 Å². The van der Waals surface area contributed by atoms with E-state index < -0.39 is 0 Å². The van der Waals surface area contributed by atoms with E-state index in [4.69, 9.17) is 22.1 Å². The number of fused-ring (bicyclic) bond motifs is 7. The highest BCUT2D eigenvalue weighted by molar-refractivity contribution is 6.14. The molecule has 0 fully saturated rings. The average Bonchev–Trinajstić information content (AvgIpc) is 3.45. The molecule has 0 radical (unpaired) electrons. The van der Waals surface area contributed by atoms with E-state index in [1.807, 2.05) is 30.3 Å². The summed E-state index contributed by atoms with van der Waals surface area (Å²) in [6, 6.07) is 42.6. The first-order chi connectivity index (χ1) is 22.1. The van der Waals surface area contributed by atoms with Gasteiger partial charge in [-0.15, -0.1) is 0 Å². The maximum atomic E-state index is 9.07. The van der Waals surface area contributed by atoms with E-state index in [9.17, 15) is 0 Å². The van der Waals surface area contributed by atoms with Crippen LogP contribution in [0.25, 0.3) is 88.4 Å². The highest BCUT2D eigenvalue weighted by Crippen LogP contribution is 2.38. The first-order valence-corrected chi connectivity index (χ1v) is 14.2. The number of para-hydroxylation sites is 1. The van der Waals surface area contributed by atoms with Crippen LogP contribution in [0.1, 0.15) is 2.74 Å². The van der Waals surface area contributed by atoms with Crippen molar-refractivity contribution in [1.29, 1.82) is 0 Å². The van der Waals surface area contributed by atoms with Crippen LogP contribution in [0, 0.1) is 0 Å². The van der Waals surface area contributed by atoms with Gasteiger partial charge in [-0.05, 0) is 56.6 Å². The summed E-state index contributed by atoms with van der Waals surface area (Å²) < 4.78 is 23.5. The van der Waals surface area contributed by atoms with Gasteiger partial charge in [0.1, 0.15) is 11.2 Å². The number of hydrogen-bond donors (Lipinski definition) is 0. The van der Waals surface area contributed by atoms with E-state index in [2.05, 4.69) is 66.7 Å². The smallest absolute Gasteiger partial charge is 0.164 e. The predicted molar refractivity (Wildman–Crippen MR) is 176 cm³/mol. The monoisotopic (exact) mass is 551 g/mol. The molecule has 0 aliphatic heterocycles. The Morgan fingerprint density at radius 3 is 2.05 bits per heavy atom. The summed E-state index contributed by atoms with van der Waals surface area (Å²) >= 11 is 0. The number of hydrogen-bond acceptors (Lipinski definition) is 4. The molecule has 9 rings (SSSR count). The highest BCUT2D eigenvalue weighted by Gasteiger charge is 2.19. The molecule has 0 spiro atoms. The molecule has 0 bridgehead atoms. The quantitative estimate of drug-likeness (QED) is 0.205. The molecule has 0 unspecified atom stereocenters. The third-order valence-electron chi connectivity index (χ3n) is 8.15. The Balaban J connectivity index is 1.39. The van der Waals surface area contributed by atoms with Crippen LogP contribution in [-0.4, -0.2) is 15.0 Å². The van der Waals surface area contributed by atoms with Gasteiger partial charge in [-0.3, -0.25) is 0 Å². The van der Waals surface area contributed by atoms with Gasteiger partial charge in [-0.2, -0.15) is 0 Å². The molecule has 9 aromatic rings. The van der Waals surface area contributed by atoms with Crippen LogP contribution in [0.4, 0.5) is 0 Å². The standard InChI is InChI=1S/C39H23N3O/c1-2-11-25-22-27(21-20-24(25)10-1)37-40-38(32-17-9-19-35-36(32)31-16-7-8-18-34(31)43-35)42-39(41-37)33-23-26-12-3-4-13-28(26)29-14-5-6-15-30(29)33/h1-23H/i7D,17D. The molecule has 0 saturated heterocycles. The first kappa shape index (κ1) is 21.8. The molecule has 200 valence electrons. The summed E-state index contributed by atoms with van der Waals surface area (Å²) in [4.78, 5) is 15.2. The molecule has 0 N–H and O–H groups in total. The minimum absolute atomic E-state index is 0.269. The van der Waals surface area contributed by atoms with Gasteiger partial charge in [0, 0.05) is 27.5 Å². The molecular weight excluding hydrogens is 526 g/mol. The highest BCUT2D eigenvalue weighted by atomic mass is 16.3. The van der Waals surface area contributed by atoms with Gasteiger partial charge < -0.3 is 4.42 Å². The van der Waals surface area contributed by atoms with Crippen LogP contribution in [0.3, 0.4) is 0 Å². The van der Waals surface area contributed by atoms with E-state index in [0.717, 1.165) is 54.2 Å². The maximum absolute atomic E-state index is 9.07. The van der Waals surface area contributed by atoms with Gasteiger partial charge in [0.25, 0.3) is 0 Å². The minimum atomic E-state index is 0.269. The summed E-state index contributed by atoms with van der Waals surface area (Å²) in [5, 5.41) is 8.10. The summed E-state index contributed by atoms with van der Waals surface area (Å²) in [5.74, 6) is 1.42. The SMILES string of the molecule is [2H]c1ccc2oc3ccc([2H])c(-c4nc(-c5ccc6ccccc6c5)nc(-c5cc6ccccc6c6ccccc56)n4)c3c2c1. The Morgan fingerprint density at radius 2 is 1.16 bits per heavy atom. The van der Waals surface area contributed by atoms with E-state index in [1.54, 1.807) is 30.3 Å². The van der Waals surface area contributed by atoms with Crippen LogP contribution in [-0.2, 0) is 0 Å². The Labute approximate surface area is 249 Å². The third kappa shape index (κ3) is 3.81. The fraction of sp³-hybridized carbons (Fsp3) is 0. The Hall–Kier alpha value is -5.87. The number of furan rings is 1. The van der Waals surface area contributed by atoms with Gasteiger partial charge in [0.05, 0.1) is 2.74 Å². The normalized spacial score (nSPS) is 12.4. The molecular formula is C39H23N3O. The molecule has 2 aromatic heterocycles. The lowest BCUT2D eigenvalue weighted by Gasteiger charge is -2.13. The molecule has 0 aliphatic rings. The van der Waals surface area contributed by atoms with Crippen molar-refractivity contribution in [2.24, 2.45) is 0 Å². The summed E-state index contributed by atoms with van der Waals surface area (Å²) in [7, 11) is 0. The Morgan fingerprint density at radius 1 is 0.465 bits per heavy atom. The largest absolute Gasteiger partial charge is 0.456 e. The number of aromatic nitrogens is 3. The number of benzene rings is 7. The van der Waals surface area contributed by atoms with Crippen LogP contribution < -0.4 is 0 Å². The van der Waals surface area contributed by atoms with Crippen molar-refractivity contribution in [3.63, 3.8) is 0 Å². The van der Waals surface area contributed by atoms with Crippen molar-refractivity contribution in [2.45, 2.75) is 0 Å². The molecule has 2 heterocycles. The molecule has 7 aromatic carbocycles. The van der Waals surface area contributed by atoms with E-state index in [-0.39, 0.29) is 6.04 Å². The molecule has 0 aliphatic carbocycles. The summed E-state index contributed by atoms with van der Waals surface area (Å²) in [6.07, 6.45) is 0. The van der Waals surface area contributed by atoms with Gasteiger partial charge >= 0.3 is 0 Å².